The summed E-state index contributed by atoms with van der Waals surface area (Å²) in [5.41, 5.74) is 2.41. The number of carboxylic acids is 1. The van der Waals surface area contributed by atoms with E-state index in [4.69, 9.17) is 5.11 Å². The van der Waals surface area contributed by atoms with Crippen LogP contribution >= 0.6 is 0 Å². The fourth-order valence-corrected chi connectivity index (χ4v) is 2.61. The average Bonchev–Trinajstić information content (AvgIpc) is 2.53. The molecule has 0 radical (unpaired) electrons. The van der Waals surface area contributed by atoms with Crippen molar-refractivity contribution in [3.8, 4) is 0 Å². The van der Waals surface area contributed by atoms with Gasteiger partial charge in [0.15, 0.2) is 0 Å². The molecule has 0 saturated carbocycles. The predicted octanol–water partition coefficient (Wildman–Crippen LogP) is 3.32. The average molecular weight is 247 g/mol. The number of aryl methyl sites for hydroxylation is 1. The highest BCUT2D eigenvalue weighted by Gasteiger charge is 2.15. The molecule has 1 aromatic carbocycles. The van der Waals surface area contributed by atoms with Crippen molar-refractivity contribution >= 4 is 11.7 Å². The van der Waals surface area contributed by atoms with Gasteiger partial charge in [0.05, 0.1) is 5.56 Å². The number of anilines is 1. The minimum absolute atomic E-state index is 0.405. The molecule has 0 spiro atoms. The normalized spacial score (nSPS) is 20.6. The lowest BCUT2D eigenvalue weighted by Gasteiger charge is -2.23. The van der Waals surface area contributed by atoms with Gasteiger partial charge < -0.3 is 10.0 Å². The van der Waals surface area contributed by atoms with Gasteiger partial charge in [-0.15, -0.1) is 0 Å². The van der Waals surface area contributed by atoms with Crippen molar-refractivity contribution in [3.63, 3.8) is 0 Å². The molecular weight excluding hydrogens is 226 g/mol. The highest BCUT2D eigenvalue weighted by Crippen LogP contribution is 2.24. The Morgan fingerprint density at radius 3 is 2.78 bits per heavy atom. The zero-order valence-corrected chi connectivity index (χ0v) is 11.1. The third-order valence-corrected chi connectivity index (χ3v) is 3.82. The zero-order chi connectivity index (χ0) is 13.1. The first-order valence-corrected chi connectivity index (χ1v) is 6.67. The summed E-state index contributed by atoms with van der Waals surface area (Å²) >= 11 is 0. The first kappa shape index (κ1) is 12.9. The molecule has 1 heterocycles. The van der Waals surface area contributed by atoms with Crippen LogP contribution < -0.4 is 4.90 Å². The standard InChI is InChI=1S/C15H21NO2/c1-11-4-3-8-16(9-7-11)13-5-6-14(15(17)18)12(2)10-13/h5-6,10-11H,3-4,7-9H2,1-2H3,(H,17,18). The lowest BCUT2D eigenvalue weighted by molar-refractivity contribution is 0.0696. The smallest absolute Gasteiger partial charge is 0.335 e. The van der Waals surface area contributed by atoms with Crippen LogP contribution in [0, 0.1) is 12.8 Å². The van der Waals surface area contributed by atoms with Crippen LogP contribution in [0.3, 0.4) is 0 Å². The minimum Gasteiger partial charge on any atom is -0.478 e. The van der Waals surface area contributed by atoms with Gasteiger partial charge in [0.25, 0.3) is 0 Å². The molecule has 1 atom stereocenters. The van der Waals surface area contributed by atoms with Crippen LogP contribution in [0.5, 0.6) is 0 Å². The van der Waals surface area contributed by atoms with E-state index in [0.29, 0.717) is 5.56 Å². The number of hydrogen-bond donors (Lipinski definition) is 1. The molecule has 3 nitrogen and oxygen atoms in total. The van der Waals surface area contributed by atoms with E-state index in [1.807, 2.05) is 19.1 Å². The van der Waals surface area contributed by atoms with E-state index >= 15 is 0 Å². The minimum atomic E-state index is -0.844. The Labute approximate surface area is 108 Å². The summed E-state index contributed by atoms with van der Waals surface area (Å²) in [5.74, 6) is -0.0436. The van der Waals surface area contributed by atoms with Crippen LogP contribution in [-0.4, -0.2) is 24.2 Å². The van der Waals surface area contributed by atoms with Crippen molar-refractivity contribution in [1.82, 2.24) is 0 Å². The fourth-order valence-electron chi connectivity index (χ4n) is 2.61. The van der Waals surface area contributed by atoms with Crippen molar-refractivity contribution < 1.29 is 9.90 Å². The summed E-state index contributed by atoms with van der Waals surface area (Å²) in [7, 11) is 0. The van der Waals surface area contributed by atoms with Crippen molar-refractivity contribution in [1.29, 1.82) is 0 Å². The maximum Gasteiger partial charge on any atom is 0.335 e. The topological polar surface area (TPSA) is 40.5 Å². The van der Waals surface area contributed by atoms with E-state index in [1.165, 1.54) is 19.3 Å². The molecule has 0 bridgehead atoms. The lowest BCUT2D eigenvalue weighted by atomic mass is 10.0. The second-order valence-corrected chi connectivity index (χ2v) is 5.33. The predicted molar refractivity (Wildman–Crippen MR) is 73.4 cm³/mol. The molecule has 1 aliphatic rings. The second-order valence-electron chi connectivity index (χ2n) is 5.33. The first-order valence-electron chi connectivity index (χ1n) is 6.67. The van der Waals surface area contributed by atoms with E-state index in [-0.39, 0.29) is 0 Å². The fraction of sp³-hybridized carbons (Fsp3) is 0.533. The van der Waals surface area contributed by atoms with Gasteiger partial charge >= 0.3 is 5.97 Å². The van der Waals surface area contributed by atoms with Gasteiger partial charge in [0.1, 0.15) is 0 Å². The third kappa shape index (κ3) is 2.84. The quantitative estimate of drug-likeness (QED) is 0.871. The molecule has 1 fully saturated rings. The molecule has 0 aromatic heterocycles. The summed E-state index contributed by atoms with van der Waals surface area (Å²) in [4.78, 5) is 13.4. The SMILES string of the molecule is Cc1cc(N2CCCC(C)CC2)ccc1C(=O)O. The Morgan fingerprint density at radius 2 is 2.11 bits per heavy atom. The van der Waals surface area contributed by atoms with Crippen LogP contribution in [0.1, 0.15) is 42.1 Å². The van der Waals surface area contributed by atoms with Crippen molar-refractivity contribution in [2.24, 2.45) is 5.92 Å². The number of aromatic carboxylic acids is 1. The van der Waals surface area contributed by atoms with Gasteiger partial charge in [0, 0.05) is 18.8 Å². The molecule has 1 aromatic rings. The number of rotatable bonds is 2. The molecule has 1 saturated heterocycles. The van der Waals surface area contributed by atoms with Gasteiger partial charge in [-0.3, -0.25) is 0 Å². The molecule has 1 N–H and O–H groups in total. The van der Waals surface area contributed by atoms with E-state index < -0.39 is 5.97 Å². The van der Waals surface area contributed by atoms with Gasteiger partial charge in [-0.05, 0) is 55.9 Å². The maximum atomic E-state index is 11.0. The third-order valence-electron chi connectivity index (χ3n) is 3.82. The van der Waals surface area contributed by atoms with Crippen LogP contribution in [-0.2, 0) is 0 Å². The van der Waals surface area contributed by atoms with Crippen molar-refractivity contribution in [2.75, 3.05) is 18.0 Å². The Bertz CT molecular complexity index is 442. The maximum absolute atomic E-state index is 11.0. The van der Waals surface area contributed by atoms with E-state index in [2.05, 4.69) is 11.8 Å². The summed E-state index contributed by atoms with van der Waals surface area (Å²) < 4.78 is 0. The Kier molecular flexibility index (Phi) is 3.90. The van der Waals surface area contributed by atoms with Gasteiger partial charge in [-0.2, -0.15) is 0 Å². The molecule has 2 rings (SSSR count). The first-order chi connectivity index (χ1) is 8.58. The second kappa shape index (κ2) is 5.42. The molecule has 98 valence electrons. The largest absolute Gasteiger partial charge is 0.478 e. The molecular formula is C15H21NO2. The Morgan fingerprint density at radius 1 is 1.33 bits per heavy atom. The highest BCUT2D eigenvalue weighted by molar-refractivity contribution is 5.89. The number of nitrogens with zero attached hydrogens (tertiary/aromatic N) is 1. The van der Waals surface area contributed by atoms with Gasteiger partial charge in [-0.1, -0.05) is 6.92 Å². The summed E-state index contributed by atoms with van der Waals surface area (Å²) in [6.07, 6.45) is 3.74. The van der Waals surface area contributed by atoms with Crippen LogP contribution in [0.2, 0.25) is 0 Å². The van der Waals surface area contributed by atoms with E-state index in [9.17, 15) is 4.79 Å². The molecule has 0 aliphatic carbocycles. The number of hydrogen-bond acceptors (Lipinski definition) is 2. The number of carbonyl (C=O) groups is 1. The monoisotopic (exact) mass is 247 g/mol. The van der Waals surface area contributed by atoms with Crippen molar-refractivity contribution in [2.45, 2.75) is 33.1 Å². The van der Waals surface area contributed by atoms with Gasteiger partial charge in [0.2, 0.25) is 0 Å². The van der Waals surface area contributed by atoms with Gasteiger partial charge in [-0.25, -0.2) is 4.79 Å². The molecule has 1 unspecified atom stereocenters. The molecule has 3 heteroatoms. The lowest BCUT2D eigenvalue weighted by Crippen LogP contribution is -2.24. The Hall–Kier alpha value is -1.51. The van der Waals surface area contributed by atoms with Crippen LogP contribution in [0.15, 0.2) is 18.2 Å². The van der Waals surface area contributed by atoms with Crippen molar-refractivity contribution in [3.05, 3.63) is 29.3 Å². The zero-order valence-electron chi connectivity index (χ0n) is 11.1. The molecule has 18 heavy (non-hydrogen) atoms. The highest BCUT2D eigenvalue weighted by atomic mass is 16.4. The molecule has 0 amide bonds. The number of benzene rings is 1. The van der Waals surface area contributed by atoms with E-state index in [1.54, 1.807) is 6.07 Å². The molecule has 1 aliphatic heterocycles. The Balaban J connectivity index is 2.18. The summed E-state index contributed by atoms with van der Waals surface area (Å²) in [6.45, 7) is 6.33. The summed E-state index contributed by atoms with van der Waals surface area (Å²) in [5, 5.41) is 9.03. The summed E-state index contributed by atoms with van der Waals surface area (Å²) in [6, 6.07) is 5.66. The van der Waals surface area contributed by atoms with Crippen LogP contribution in [0.4, 0.5) is 5.69 Å². The number of carboxylic acid groups (broad SMARTS) is 1. The van der Waals surface area contributed by atoms with Crippen LogP contribution in [0.25, 0.3) is 0 Å². The van der Waals surface area contributed by atoms with E-state index in [0.717, 1.165) is 30.3 Å².